The summed E-state index contributed by atoms with van der Waals surface area (Å²) in [7, 11) is 0. The van der Waals surface area contributed by atoms with Crippen LogP contribution >= 0.6 is 23.2 Å². The highest BCUT2D eigenvalue weighted by molar-refractivity contribution is 6.51. The molecule has 0 aromatic carbocycles. The standard InChI is InChI=1S/C10H17Cl2N/c1-7(2)13-5-4-9(3)8(6-13)10(9,11)12/h7-8H,4-6H2,1-3H3. The van der Waals surface area contributed by atoms with Crippen LogP contribution in [0.2, 0.25) is 0 Å². The van der Waals surface area contributed by atoms with Gasteiger partial charge in [0.1, 0.15) is 4.33 Å². The minimum absolute atomic E-state index is 0.196. The molecule has 0 N–H and O–H groups in total. The Bertz CT molecular complexity index is 227. The maximum absolute atomic E-state index is 6.26. The topological polar surface area (TPSA) is 3.24 Å². The van der Waals surface area contributed by atoms with E-state index in [1.807, 2.05) is 0 Å². The van der Waals surface area contributed by atoms with Gasteiger partial charge in [-0.25, -0.2) is 0 Å². The number of likely N-dealkylation sites (tertiary alicyclic amines) is 1. The number of nitrogens with zero attached hydrogens (tertiary/aromatic N) is 1. The van der Waals surface area contributed by atoms with Crippen LogP contribution in [-0.2, 0) is 0 Å². The Balaban J connectivity index is 2.06. The van der Waals surface area contributed by atoms with Gasteiger partial charge in [0, 0.05) is 23.9 Å². The van der Waals surface area contributed by atoms with Crippen LogP contribution in [0.5, 0.6) is 0 Å². The summed E-state index contributed by atoms with van der Waals surface area (Å²) in [4.78, 5) is 2.47. The highest BCUT2D eigenvalue weighted by atomic mass is 35.5. The molecule has 0 bridgehead atoms. The van der Waals surface area contributed by atoms with Crippen LogP contribution in [0.25, 0.3) is 0 Å². The lowest BCUT2D eigenvalue weighted by Crippen LogP contribution is -2.38. The molecule has 2 atom stereocenters. The molecule has 2 fully saturated rings. The van der Waals surface area contributed by atoms with Gasteiger partial charge in [-0.05, 0) is 26.8 Å². The summed E-state index contributed by atoms with van der Waals surface area (Å²) < 4.78 is -0.448. The van der Waals surface area contributed by atoms with Crippen molar-refractivity contribution >= 4 is 23.2 Å². The Morgan fingerprint density at radius 3 is 2.46 bits per heavy atom. The molecule has 0 radical (unpaired) electrons. The van der Waals surface area contributed by atoms with Crippen molar-refractivity contribution in [3.8, 4) is 0 Å². The fraction of sp³-hybridized carbons (Fsp3) is 1.00. The second-order valence-electron chi connectivity index (χ2n) is 4.93. The van der Waals surface area contributed by atoms with Crippen LogP contribution in [0, 0.1) is 11.3 Å². The Hall–Kier alpha value is 0.540. The molecule has 1 nitrogen and oxygen atoms in total. The van der Waals surface area contributed by atoms with E-state index in [1.54, 1.807) is 0 Å². The van der Waals surface area contributed by atoms with Gasteiger partial charge in [-0.1, -0.05) is 6.92 Å². The van der Waals surface area contributed by atoms with Crippen molar-refractivity contribution in [2.75, 3.05) is 13.1 Å². The summed E-state index contributed by atoms with van der Waals surface area (Å²) in [5, 5.41) is 0. The van der Waals surface area contributed by atoms with Gasteiger partial charge in [-0.2, -0.15) is 0 Å². The zero-order valence-electron chi connectivity index (χ0n) is 8.48. The van der Waals surface area contributed by atoms with Crippen LogP contribution in [0.1, 0.15) is 27.2 Å². The lowest BCUT2D eigenvalue weighted by atomic mass is 9.97. The molecule has 1 saturated carbocycles. The fourth-order valence-corrected chi connectivity index (χ4v) is 3.46. The Kier molecular flexibility index (Phi) is 2.15. The molecule has 76 valence electrons. The Labute approximate surface area is 90.4 Å². The maximum atomic E-state index is 6.26. The van der Waals surface area contributed by atoms with Crippen LogP contribution in [-0.4, -0.2) is 28.4 Å². The average Bonchev–Trinajstić information content (AvgIpc) is 2.46. The first kappa shape index (κ1) is 10.1. The van der Waals surface area contributed by atoms with Crippen molar-refractivity contribution < 1.29 is 0 Å². The monoisotopic (exact) mass is 221 g/mol. The van der Waals surface area contributed by atoms with E-state index in [4.69, 9.17) is 23.2 Å². The molecule has 2 aliphatic rings. The molecule has 0 amide bonds. The third kappa shape index (κ3) is 1.24. The van der Waals surface area contributed by atoms with Crippen molar-refractivity contribution in [2.45, 2.75) is 37.6 Å². The fourth-order valence-electron chi connectivity index (χ4n) is 2.50. The smallest absolute Gasteiger partial charge is 0.128 e. The number of hydrogen-bond donors (Lipinski definition) is 0. The Morgan fingerprint density at radius 1 is 1.38 bits per heavy atom. The molecule has 1 heterocycles. The minimum Gasteiger partial charge on any atom is -0.301 e. The maximum Gasteiger partial charge on any atom is 0.128 e. The Morgan fingerprint density at radius 2 is 2.00 bits per heavy atom. The van der Waals surface area contributed by atoms with Gasteiger partial charge in [0.05, 0.1) is 0 Å². The average molecular weight is 222 g/mol. The molecule has 1 saturated heterocycles. The summed E-state index contributed by atoms with van der Waals surface area (Å²) >= 11 is 12.5. The van der Waals surface area contributed by atoms with Crippen LogP contribution in [0.4, 0.5) is 0 Å². The molecular weight excluding hydrogens is 205 g/mol. The zero-order valence-corrected chi connectivity index (χ0v) is 9.99. The van der Waals surface area contributed by atoms with Crippen molar-refractivity contribution in [3.63, 3.8) is 0 Å². The van der Waals surface area contributed by atoms with Crippen molar-refractivity contribution in [2.24, 2.45) is 11.3 Å². The summed E-state index contributed by atoms with van der Waals surface area (Å²) in [6, 6.07) is 0.620. The predicted octanol–water partition coefficient (Wildman–Crippen LogP) is 2.91. The van der Waals surface area contributed by atoms with Gasteiger partial charge in [0.2, 0.25) is 0 Å². The van der Waals surface area contributed by atoms with Gasteiger partial charge >= 0.3 is 0 Å². The molecule has 1 aliphatic heterocycles. The first-order valence-electron chi connectivity index (χ1n) is 5.01. The van der Waals surface area contributed by atoms with Gasteiger partial charge in [0.25, 0.3) is 0 Å². The molecule has 0 aromatic rings. The first-order valence-corrected chi connectivity index (χ1v) is 5.77. The van der Waals surface area contributed by atoms with E-state index >= 15 is 0 Å². The van der Waals surface area contributed by atoms with E-state index < -0.39 is 4.33 Å². The SMILES string of the molecule is CC(C)N1CCC2(C)C(C1)C2(Cl)Cl. The number of halogens is 2. The van der Waals surface area contributed by atoms with E-state index in [0.717, 1.165) is 19.5 Å². The van der Waals surface area contributed by atoms with E-state index in [2.05, 4.69) is 25.7 Å². The third-order valence-corrected chi connectivity index (χ3v) is 5.34. The number of alkyl halides is 2. The number of piperidine rings is 1. The lowest BCUT2D eigenvalue weighted by molar-refractivity contribution is 0.151. The number of hydrogen-bond acceptors (Lipinski definition) is 1. The number of rotatable bonds is 1. The van der Waals surface area contributed by atoms with Crippen molar-refractivity contribution in [3.05, 3.63) is 0 Å². The molecule has 1 aliphatic carbocycles. The van der Waals surface area contributed by atoms with Crippen LogP contribution in [0.3, 0.4) is 0 Å². The normalized spacial score (nSPS) is 43.4. The molecule has 13 heavy (non-hydrogen) atoms. The van der Waals surface area contributed by atoms with Gasteiger partial charge in [-0.3, -0.25) is 0 Å². The predicted molar refractivity (Wildman–Crippen MR) is 57.4 cm³/mol. The molecule has 2 rings (SSSR count). The second-order valence-corrected chi connectivity index (χ2v) is 6.32. The van der Waals surface area contributed by atoms with Gasteiger partial charge in [0.15, 0.2) is 0 Å². The van der Waals surface area contributed by atoms with Crippen LogP contribution < -0.4 is 0 Å². The van der Waals surface area contributed by atoms with Gasteiger partial charge in [-0.15, -0.1) is 23.2 Å². The minimum atomic E-state index is -0.448. The second kappa shape index (κ2) is 2.77. The third-order valence-electron chi connectivity index (χ3n) is 3.95. The van der Waals surface area contributed by atoms with E-state index in [1.165, 1.54) is 0 Å². The molecule has 3 heteroatoms. The van der Waals surface area contributed by atoms with E-state index in [9.17, 15) is 0 Å². The van der Waals surface area contributed by atoms with E-state index in [-0.39, 0.29) is 5.41 Å². The summed E-state index contributed by atoms with van der Waals surface area (Å²) in [5.74, 6) is 0.486. The molecule has 0 aromatic heterocycles. The summed E-state index contributed by atoms with van der Waals surface area (Å²) in [6.07, 6.45) is 1.14. The quantitative estimate of drug-likeness (QED) is 0.616. The zero-order chi connectivity index (χ0) is 9.85. The lowest BCUT2D eigenvalue weighted by Gasteiger charge is -2.32. The van der Waals surface area contributed by atoms with Crippen molar-refractivity contribution in [1.29, 1.82) is 0 Å². The summed E-state index contributed by atoms with van der Waals surface area (Å²) in [5.41, 5.74) is 0.196. The van der Waals surface area contributed by atoms with Gasteiger partial charge < -0.3 is 4.90 Å². The first-order chi connectivity index (χ1) is 5.89. The highest BCUT2D eigenvalue weighted by Crippen LogP contribution is 2.72. The largest absolute Gasteiger partial charge is 0.301 e. The number of fused-ring (bicyclic) bond motifs is 1. The highest BCUT2D eigenvalue weighted by Gasteiger charge is 2.73. The molecule has 0 spiro atoms. The van der Waals surface area contributed by atoms with E-state index in [0.29, 0.717) is 12.0 Å². The van der Waals surface area contributed by atoms with Crippen LogP contribution in [0.15, 0.2) is 0 Å². The molecular formula is C10H17Cl2N. The molecule has 2 unspecified atom stereocenters. The van der Waals surface area contributed by atoms with Crippen molar-refractivity contribution in [1.82, 2.24) is 4.90 Å². The summed E-state index contributed by atoms with van der Waals surface area (Å²) in [6.45, 7) is 8.90.